The second kappa shape index (κ2) is 9.12. The summed E-state index contributed by atoms with van der Waals surface area (Å²) in [5, 5.41) is 6.85. The number of nitrogens with one attached hydrogen (secondary N) is 1. The zero-order chi connectivity index (χ0) is 17.4. The van der Waals surface area contributed by atoms with Gasteiger partial charge in [0, 0.05) is 12.3 Å². The average Bonchev–Trinajstić information content (AvgIpc) is 3.03. The fraction of sp³-hybridized carbons (Fsp3) is 0.588. The number of allylic oxidation sites excluding steroid dienone is 2. The number of ether oxygens (including phenoxy) is 2. The molecule has 6 nitrogen and oxygen atoms in total. The molecule has 0 saturated carbocycles. The molecule has 0 spiro atoms. The quantitative estimate of drug-likeness (QED) is 0.429. The van der Waals surface area contributed by atoms with E-state index in [9.17, 15) is 0 Å². The second-order valence-corrected chi connectivity index (χ2v) is 5.60. The van der Waals surface area contributed by atoms with E-state index in [2.05, 4.69) is 40.6 Å². The smallest absolute Gasteiger partial charge is 0.335 e. The van der Waals surface area contributed by atoms with Crippen LogP contribution in [0.25, 0.3) is 0 Å². The van der Waals surface area contributed by atoms with E-state index in [1.165, 1.54) is 5.57 Å². The topological polar surface area (TPSA) is 72.4 Å². The zero-order valence-electron chi connectivity index (χ0n) is 15.0. The molecule has 0 aromatic carbocycles. The number of aromatic nitrogens is 3. The molecule has 1 heterocycles. The maximum absolute atomic E-state index is 5.31. The predicted octanol–water partition coefficient (Wildman–Crippen LogP) is 3.51. The first kappa shape index (κ1) is 18.9. The van der Waals surface area contributed by atoms with Crippen LogP contribution in [0.3, 0.4) is 0 Å². The zero-order valence-corrected chi connectivity index (χ0v) is 15.0. The molecular weight excluding hydrogens is 292 g/mol. The maximum Gasteiger partial charge on any atom is 0.335 e. The van der Waals surface area contributed by atoms with Gasteiger partial charge in [0.05, 0.1) is 20.1 Å². The molecule has 0 amide bonds. The summed E-state index contributed by atoms with van der Waals surface area (Å²) >= 11 is 0. The van der Waals surface area contributed by atoms with Gasteiger partial charge in [0.15, 0.2) is 0 Å². The summed E-state index contributed by atoms with van der Waals surface area (Å²) in [6.45, 7) is 12.8. The van der Waals surface area contributed by atoms with Crippen molar-refractivity contribution in [2.24, 2.45) is 10.9 Å². The fourth-order valence-corrected chi connectivity index (χ4v) is 2.18. The lowest BCUT2D eigenvalue weighted by Gasteiger charge is -2.15. The lowest BCUT2D eigenvalue weighted by Crippen LogP contribution is -2.09. The van der Waals surface area contributed by atoms with E-state index in [0.29, 0.717) is 11.9 Å². The number of aromatic amines is 1. The van der Waals surface area contributed by atoms with Crippen LogP contribution >= 0.6 is 0 Å². The molecule has 128 valence electrons. The summed E-state index contributed by atoms with van der Waals surface area (Å²) in [5.74, 6) is 2.09. The SMILES string of the molecule is C=CC(OC)=C(C)C(C)CCN=C(C)C(C)c1nc(OC)n[nH]1. The van der Waals surface area contributed by atoms with Crippen LogP contribution in [0.2, 0.25) is 0 Å². The van der Waals surface area contributed by atoms with E-state index in [4.69, 9.17) is 9.47 Å². The van der Waals surface area contributed by atoms with Crippen LogP contribution in [0.4, 0.5) is 0 Å². The number of H-pyrrole nitrogens is 1. The minimum absolute atomic E-state index is 0.0843. The molecule has 0 bridgehead atoms. The fourth-order valence-electron chi connectivity index (χ4n) is 2.18. The maximum atomic E-state index is 5.31. The molecule has 0 radical (unpaired) electrons. The Balaban J connectivity index is 2.62. The van der Waals surface area contributed by atoms with Crippen LogP contribution in [0.15, 0.2) is 29.0 Å². The van der Waals surface area contributed by atoms with Crippen LogP contribution in [-0.4, -0.2) is 41.7 Å². The van der Waals surface area contributed by atoms with Gasteiger partial charge in [0.25, 0.3) is 0 Å². The molecule has 2 unspecified atom stereocenters. The summed E-state index contributed by atoms with van der Waals surface area (Å²) in [7, 11) is 3.22. The van der Waals surface area contributed by atoms with Crippen LogP contribution in [0.5, 0.6) is 6.01 Å². The Bertz CT molecular complexity index is 575. The lowest BCUT2D eigenvalue weighted by atomic mass is 9.97. The van der Waals surface area contributed by atoms with Gasteiger partial charge >= 0.3 is 6.01 Å². The molecule has 0 aliphatic carbocycles. The predicted molar refractivity (Wildman–Crippen MR) is 93.0 cm³/mol. The largest absolute Gasteiger partial charge is 0.497 e. The number of aliphatic imine (C=N–C) groups is 1. The minimum atomic E-state index is 0.0843. The highest BCUT2D eigenvalue weighted by Gasteiger charge is 2.15. The molecule has 0 aliphatic rings. The third-order valence-electron chi connectivity index (χ3n) is 4.16. The highest BCUT2D eigenvalue weighted by molar-refractivity contribution is 5.87. The third-order valence-corrected chi connectivity index (χ3v) is 4.16. The van der Waals surface area contributed by atoms with Crippen LogP contribution in [0, 0.1) is 5.92 Å². The van der Waals surface area contributed by atoms with Gasteiger partial charge < -0.3 is 9.47 Å². The molecule has 1 N–H and O–H groups in total. The Morgan fingerprint density at radius 2 is 2.04 bits per heavy atom. The molecule has 23 heavy (non-hydrogen) atoms. The molecular formula is C17H28N4O2. The van der Waals surface area contributed by atoms with Crippen LogP contribution in [-0.2, 0) is 4.74 Å². The van der Waals surface area contributed by atoms with E-state index in [-0.39, 0.29) is 5.92 Å². The van der Waals surface area contributed by atoms with Gasteiger partial charge in [0.1, 0.15) is 11.6 Å². The summed E-state index contributed by atoms with van der Waals surface area (Å²) < 4.78 is 10.3. The van der Waals surface area contributed by atoms with E-state index in [1.54, 1.807) is 20.3 Å². The van der Waals surface area contributed by atoms with Crippen molar-refractivity contribution >= 4 is 5.71 Å². The monoisotopic (exact) mass is 320 g/mol. The normalized spacial score (nSPS) is 15.7. The van der Waals surface area contributed by atoms with E-state index >= 15 is 0 Å². The van der Waals surface area contributed by atoms with Crippen LogP contribution in [0.1, 0.15) is 45.9 Å². The Labute approximate surface area is 138 Å². The Morgan fingerprint density at radius 1 is 1.35 bits per heavy atom. The van der Waals surface area contributed by atoms with Gasteiger partial charge in [-0.1, -0.05) is 20.4 Å². The summed E-state index contributed by atoms with van der Waals surface area (Å²) in [6.07, 6.45) is 2.70. The van der Waals surface area contributed by atoms with Gasteiger partial charge in [0.2, 0.25) is 0 Å². The first-order valence-electron chi connectivity index (χ1n) is 7.78. The van der Waals surface area contributed by atoms with Gasteiger partial charge in [-0.3, -0.25) is 10.1 Å². The number of nitrogens with zero attached hydrogens (tertiary/aromatic N) is 3. The molecule has 1 aromatic rings. The van der Waals surface area contributed by atoms with Crippen molar-refractivity contribution in [3.8, 4) is 6.01 Å². The first-order valence-corrected chi connectivity index (χ1v) is 7.78. The lowest BCUT2D eigenvalue weighted by molar-refractivity contribution is 0.297. The number of rotatable bonds is 9. The van der Waals surface area contributed by atoms with Crippen molar-refractivity contribution in [3.05, 3.63) is 29.8 Å². The summed E-state index contributed by atoms with van der Waals surface area (Å²) in [6, 6.07) is 0.352. The van der Waals surface area contributed by atoms with Crippen molar-refractivity contribution in [2.45, 2.75) is 40.0 Å². The van der Waals surface area contributed by atoms with Crippen molar-refractivity contribution in [1.82, 2.24) is 15.2 Å². The summed E-state index contributed by atoms with van der Waals surface area (Å²) in [4.78, 5) is 8.93. The molecule has 1 rings (SSSR count). The Morgan fingerprint density at radius 3 is 2.57 bits per heavy atom. The first-order chi connectivity index (χ1) is 10.9. The molecule has 0 fully saturated rings. The standard InChI is InChI=1S/C17H28N4O2/c1-8-15(22-6)12(3)11(2)9-10-18-14(5)13(4)16-19-17(23-7)21-20-16/h8,11,13H,1,9-10H2,2-7H3,(H,19,20,21). The Hall–Kier alpha value is -2.11. The van der Waals surface area contributed by atoms with Crippen molar-refractivity contribution in [3.63, 3.8) is 0 Å². The van der Waals surface area contributed by atoms with Gasteiger partial charge in [-0.25, -0.2) is 0 Å². The molecule has 2 atom stereocenters. The molecule has 0 aliphatic heterocycles. The van der Waals surface area contributed by atoms with Gasteiger partial charge in [-0.05, 0) is 37.8 Å². The molecule has 6 heteroatoms. The van der Waals surface area contributed by atoms with Crippen LogP contribution < -0.4 is 4.74 Å². The number of methoxy groups -OCH3 is 2. The number of hydrogen-bond acceptors (Lipinski definition) is 5. The van der Waals surface area contributed by atoms with Crippen molar-refractivity contribution < 1.29 is 9.47 Å². The highest BCUT2D eigenvalue weighted by atomic mass is 16.5. The van der Waals surface area contributed by atoms with Gasteiger partial charge in [-0.15, -0.1) is 5.10 Å². The third kappa shape index (κ3) is 5.23. The Kier molecular flexibility index (Phi) is 7.51. The summed E-state index contributed by atoms with van der Waals surface area (Å²) in [5.41, 5.74) is 2.22. The van der Waals surface area contributed by atoms with E-state index in [1.807, 2.05) is 13.8 Å². The highest BCUT2D eigenvalue weighted by Crippen LogP contribution is 2.20. The minimum Gasteiger partial charge on any atom is -0.497 e. The number of hydrogen-bond donors (Lipinski definition) is 1. The van der Waals surface area contributed by atoms with Gasteiger partial charge in [-0.2, -0.15) is 4.98 Å². The van der Waals surface area contributed by atoms with Crippen molar-refractivity contribution in [2.75, 3.05) is 20.8 Å². The second-order valence-electron chi connectivity index (χ2n) is 5.60. The van der Waals surface area contributed by atoms with E-state index < -0.39 is 0 Å². The van der Waals surface area contributed by atoms with Crippen molar-refractivity contribution in [1.29, 1.82) is 0 Å². The van der Waals surface area contributed by atoms with E-state index in [0.717, 1.165) is 30.3 Å². The molecule has 1 aromatic heterocycles. The molecule has 0 saturated heterocycles. The average molecular weight is 320 g/mol.